The van der Waals surface area contributed by atoms with Crippen LogP contribution in [0.15, 0.2) is 0 Å². The van der Waals surface area contributed by atoms with Crippen LogP contribution in [-0.4, -0.2) is 12.2 Å². The molecular weight excluding hydrogens is 88.1 g/mol. The van der Waals surface area contributed by atoms with E-state index < -0.39 is 0 Å². The van der Waals surface area contributed by atoms with Crippen molar-refractivity contribution in [1.29, 1.82) is 0 Å². The Hall–Kier alpha value is -0.0400. The second-order valence-corrected chi connectivity index (χ2v) is 2.17. The van der Waals surface area contributed by atoms with Crippen molar-refractivity contribution in [3.63, 3.8) is 0 Å². The number of hydrogen-bond donors (Lipinski definition) is 0. The van der Waals surface area contributed by atoms with Gasteiger partial charge in [0.2, 0.25) is 0 Å². The third kappa shape index (κ3) is 1.16. The highest BCUT2D eigenvalue weighted by atomic mass is 16.6. The van der Waals surface area contributed by atoms with Crippen molar-refractivity contribution in [2.75, 3.05) is 0 Å². The van der Waals surface area contributed by atoms with Crippen molar-refractivity contribution >= 4 is 0 Å². The van der Waals surface area contributed by atoms with E-state index in [1.165, 1.54) is 12.8 Å². The lowest BCUT2D eigenvalue weighted by atomic mass is 10.2. The Balaban J connectivity index is 1.98. The zero-order valence-electron chi connectivity index (χ0n) is 4.98. The first-order valence-corrected chi connectivity index (χ1v) is 3.00. The van der Waals surface area contributed by atoms with Gasteiger partial charge in [-0.05, 0) is 13.3 Å². The van der Waals surface area contributed by atoms with E-state index in [0.717, 1.165) is 0 Å². The lowest BCUT2D eigenvalue weighted by Gasteiger charge is -1.81. The molecule has 1 fully saturated rings. The Labute approximate surface area is 44.7 Å². The fourth-order valence-electron chi connectivity index (χ4n) is 0.818. The smallest absolute Gasteiger partial charge is 0.0838 e. The number of ether oxygens (including phenoxy) is 1. The lowest BCUT2D eigenvalue weighted by Crippen LogP contribution is -1.85. The molecule has 0 unspecified atom stereocenters. The van der Waals surface area contributed by atoms with Crippen LogP contribution < -0.4 is 0 Å². The maximum Gasteiger partial charge on any atom is 0.0838 e. The molecule has 0 amide bonds. The Morgan fingerprint density at radius 1 is 1.57 bits per heavy atom. The Kier molecular flexibility index (Phi) is 1.33. The molecule has 42 valence electrons. The highest BCUT2D eigenvalue weighted by Crippen LogP contribution is 2.24. The van der Waals surface area contributed by atoms with Crippen LogP contribution >= 0.6 is 0 Å². The van der Waals surface area contributed by atoms with Crippen molar-refractivity contribution in [2.45, 2.75) is 38.9 Å². The van der Waals surface area contributed by atoms with Crippen LogP contribution in [0.25, 0.3) is 0 Å². The summed E-state index contributed by atoms with van der Waals surface area (Å²) in [4.78, 5) is 0. The molecular formula is C6H12O. The Morgan fingerprint density at radius 2 is 2.14 bits per heavy atom. The van der Waals surface area contributed by atoms with Crippen molar-refractivity contribution in [3.05, 3.63) is 0 Å². The van der Waals surface area contributed by atoms with Gasteiger partial charge in [-0.15, -0.1) is 0 Å². The molecule has 0 aromatic heterocycles. The second-order valence-electron chi connectivity index (χ2n) is 2.17. The van der Waals surface area contributed by atoms with Gasteiger partial charge in [0.25, 0.3) is 0 Å². The van der Waals surface area contributed by atoms with Crippen molar-refractivity contribution in [1.82, 2.24) is 0 Å². The average Bonchev–Trinajstić information content (AvgIpc) is 2.22. The van der Waals surface area contributed by atoms with Gasteiger partial charge in [-0.2, -0.15) is 0 Å². The zero-order chi connectivity index (χ0) is 5.28. The standard InChI is InChI=1S/C6H12O/c1-3-4-6-5(2)7-6/h5-6H,3-4H2,1-2H3/t5-,6+/m1/s1. The number of rotatable bonds is 2. The van der Waals surface area contributed by atoms with E-state index >= 15 is 0 Å². The molecule has 1 heterocycles. The van der Waals surface area contributed by atoms with Crippen molar-refractivity contribution in [2.24, 2.45) is 0 Å². The zero-order valence-corrected chi connectivity index (χ0v) is 4.98. The third-order valence-electron chi connectivity index (χ3n) is 1.41. The molecule has 1 saturated heterocycles. The number of hydrogen-bond acceptors (Lipinski definition) is 1. The molecule has 7 heavy (non-hydrogen) atoms. The van der Waals surface area contributed by atoms with Crippen LogP contribution in [0.3, 0.4) is 0 Å². The fraction of sp³-hybridized carbons (Fsp3) is 1.00. The van der Waals surface area contributed by atoms with E-state index in [-0.39, 0.29) is 0 Å². The van der Waals surface area contributed by atoms with Gasteiger partial charge in [0, 0.05) is 0 Å². The van der Waals surface area contributed by atoms with Crippen LogP contribution in [0.4, 0.5) is 0 Å². The minimum absolute atomic E-state index is 0.569. The predicted octanol–water partition coefficient (Wildman–Crippen LogP) is 1.57. The highest BCUT2D eigenvalue weighted by molar-refractivity contribution is 4.78. The Morgan fingerprint density at radius 3 is 2.29 bits per heavy atom. The summed E-state index contributed by atoms with van der Waals surface area (Å²) in [7, 11) is 0. The molecule has 0 N–H and O–H groups in total. The van der Waals surface area contributed by atoms with Gasteiger partial charge in [0.15, 0.2) is 0 Å². The summed E-state index contributed by atoms with van der Waals surface area (Å²) in [5.41, 5.74) is 0. The molecule has 0 aromatic rings. The van der Waals surface area contributed by atoms with E-state index in [9.17, 15) is 0 Å². The van der Waals surface area contributed by atoms with Gasteiger partial charge in [-0.3, -0.25) is 0 Å². The second kappa shape index (κ2) is 1.83. The summed E-state index contributed by atoms with van der Waals surface area (Å²) >= 11 is 0. The van der Waals surface area contributed by atoms with Crippen molar-refractivity contribution in [3.8, 4) is 0 Å². The van der Waals surface area contributed by atoms with Gasteiger partial charge in [-0.1, -0.05) is 13.3 Å². The van der Waals surface area contributed by atoms with Crippen molar-refractivity contribution < 1.29 is 4.74 Å². The normalized spacial score (nSPS) is 38.6. The molecule has 1 rings (SSSR count). The van der Waals surface area contributed by atoms with E-state index in [1.54, 1.807) is 0 Å². The lowest BCUT2D eigenvalue weighted by molar-refractivity contribution is 0.369. The summed E-state index contributed by atoms with van der Waals surface area (Å²) in [6.45, 7) is 4.31. The SMILES string of the molecule is CCC[C@@H]1O[C@@H]1C. The molecule has 1 heteroatoms. The largest absolute Gasteiger partial charge is 0.370 e. The first-order valence-electron chi connectivity index (χ1n) is 3.00. The maximum atomic E-state index is 5.16. The van der Waals surface area contributed by atoms with Gasteiger partial charge in [-0.25, -0.2) is 0 Å². The molecule has 1 aliphatic heterocycles. The molecule has 0 spiro atoms. The molecule has 0 aromatic carbocycles. The first kappa shape index (κ1) is 5.10. The average molecular weight is 100 g/mol. The van der Waals surface area contributed by atoms with Gasteiger partial charge < -0.3 is 4.74 Å². The molecule has 0 saturated carbocycles. The minimum Gasteiger partial charge on any atom is -0.370 e. The maximum absolute atomic E-state index is 5.16. The summed E-state index contributed by atoms with van der Waals surface area (Å²) in [5.74, 6) is 0. The quantitative estimate of drug-likeness (QED) is 0.480. The summed E-state index contributed by atoms with van der Waals surface area (Å²) < 4.78 is 5.16. The summed E-state index contributed by atoms with van der Waals surface area (Å²) in [6.07, 6.45) is 3.70. The molecule has 1 nitrogen and oxygen atoms in total. The van der Waals surface area contributed by atoms with Gasteiger partial charge in [0.1, 0.15) is 0 Å². The summed E-state index contributed by atoms with van der Waals surface area (Å²) in [6, 6.07) is 0. The van der Waals surface area contributed by atoms with Crippen LogP contribution in [-0.2, 0) is 4.74 Å². The molecule has 1 aliphatic rings. The topological polar surface area (TPSA) is 12.5 Å². The Bertz CT molecular complexity index is 61.2. The van der Waals surface area contributed by atoms with Crippen LogP contribution in [0.2, 0.25) is 0 Å². The summed E-state index contributed by atoms with van der Waals surface area (Å²) in [5, 5.41) is 0. The van der Waals surface area contributed by atoms with E-state index in [4.69, 9.17) is 4.74 Å². The fourth-order valence-corrected chi connectivity index (χ4v) is 0.818. The third-order valence-corrected chi connectivity index (χ3v) is 1.41. The molecule has 0 radical (unpaired) electrons. The predicted molar refractivity (Wildman–Crippen MR) is 29.2 cm³/mol. The minimum atomic E-state index is 0.569. The van der Waals surface area contributed by atoms with Gasteiger partial charge >= 0.3 is 0 Å². The monoisotopic (exact) mass is 100 g/mol. The molecule has 2 atom stereocenters. The van der Waals surface area contributed by atoms with E-state index in [0.29, 0.717) is 12.2 Å². The van der Waals surface area contributed by atoms with E-state index in [1.807, 2.05) is 0 Å². The van der Waals surface area contributed by atoms with Crippen LogP contribution in [0.5, 0.6) is 0 Å². The van der Waals surface area contributed by atoms with Gasteiger partial charge in [0.05, 0.1) is 12.2 Å². The first-order chi connectivity index (χ1) is 3.34. The number of epoxide rings is 1. The van der Waals surface area contributed by atoms with Crippen LogP contribution in [0.1, 0.15) is 26.7 Å². The highest BCUT2D eigenvalue weighted by Gasteiger charge is 2.32. The van der Waals surface area contributed by atoms with Crippen LogP contribution in [0, 0.1) is 0 Å². The molecule has 0 aliphatic carbocycles. The molecule has 0 bridgehead atoms. The van der Waals surface area contributed by atoms with E-state index in [2.05, 4.69) is 13.8 Å².